The number of hydrogen-bond acceptors (Lipinski definition) is 5. The molecule has 0 unspecified atom stereocenters. The van der Waals surface area contributed by atoms with Crippen molar-refractivity contribution in [3.05, 3.63) is 59.4 Å². The van der Waals surface area contributed by atoms with E-state index in [1.54, 1.807) is 12.1 Å². The van der Waals surface area contributed by atoms with E-state index in [9.17, 15) is 22.4 Å². The van der Waals surface area contributed by atoms with Gasteiger partial charge in [0.1, 0.15) is 17.3 Å². The first-order valence-corrected chi connectivity index (χ1v) is 9.71. The molecule has 9 heteroatoms. The predicted octanol–water partition coefficient (Wildman–Crippen LogP) is 4.56. The Morgan fingerprint density at radius 1 is 1.10 bits per heavy atom. The molecule has 2 aromatic carbocycles. The maximum absolute atomic E-state index is 13.4. The van der Waals surface area contributed by atoms with E-state index in [2.05, 4.69) is 10.1 Å². The number of alkyl halides is 3. The van der Waals surface area contributed by atoms with Crippen LogP contribution in [0, 0.1) is 11.7 Å². The molecule has 168 valence electrons. The zero-order chi connectivity index (χ0) is 22.6. The second-order valence-electron chi connectivity index (χ2n) is 7.29. The summed E-state index contributed by atoms with van der Waals surface area (Å²) in [5.74, 6) is -1.35. The van der Waals surface area contributed by atoms with E-state index in [4.69, 9.17) is 9.47 Å². The summed E-state index contributed by atoms with van der Waals surface area (Å²) in [6.07, 6.45) is -3.59. The Morgan fingerprint density at radius 2 is 1.81 bits per heavy atom. The van der Waals surface area contributed by atoms with Gasteiger partial charge in [0.25, 0.3) is 0 Å². The van der Waals surface area contributed by atoms with Gasteiger partial charge in [-0.3, -0.25) is 4.79 Å². The summed E-state index contributed by atoms with van der Waals surface area (Å²) < 4.78 is 65.3. The first-order valence-electron chi connectivity index (χ1n) is 9.71. The summed E-state index contributed by atoms with van der Waals surface area (Å²) in [4.78, 5) is 12.3. The molecule has 0 spiro atoms. The number of benzene rings is 2. The van der Waals surface area contributed by atoms with Gasteiger partial charge in [-0.1, -0.05) is 12.1 Å². The Hall–Kier alpha value is -2.81. The van der Waals surface area contributed by atoms with Gasteiger partial charge in [-0.25, -0.2) is 4.39 Å². The van der Waals surface area contributed by atoms with Crippen LogP contribution in [0.15, 0.2) is 42.5 Å². The molecule has 0 aliphatic heterocycles. The fraction of sp³-hybridized carbons (Fsp3) is 0.409. The fourth-order valence-corrected chi connectivity index (χ4v) is 4.12. The van der Waals surface area contributed by atoms with Gasteiger partial charge >= 0.3 is 12.3 Å². The molecule has 31 heavy (non-hydrogen) atoms. The summed E-state index contributed by atoms with van der Waals surface area (Å²) in [7, 11) is 2.75. The number of esters is 1. The molecule has 3 rings (SSSR count). The van der Waals surface area contributed by atoms with Crippen LogP contribution < -0.4 is 14.8 Å². The largest absolute Gasteiger partial charge is 0.573 e. The lowest BCUT2D eigenvalue weighted by Gasteiger charge is -2.25. The predicted molar refractivity (Wildman–Crippen MR) is 104 cm³/mol. The summed E-state index contributed by atoms with van der Waals surface area (Å²) >= 11 is 0. The average molecular weight is 441 g/mol. The minimum atomic E-state index is -4.80. The van der Waals surface area contributed by atoms with Crippen molar-refractivity contribution in [2.24, 2.45) is 5.92 Å². The molecule has 0 bridgehead atoms. The molecule has 0 radical (unpaired) electrons. The summed E-state index contributed by atoms with van der Waals surface area (Å²) in [6.45, 7) is 0.189. The lowest BCUT2D eigenvalue weighted by atomic mass is 9.86. The van der Waals surface area contributed by atoms with Crippen molar-refractivity contribution in [3.8, 4) is 11.5 Å². The van der Waals surface area contributed by atoms with Crippen molar-refractivity contribution < 1.29 is 36.6 Å². The maximum atomic E-state index is 13.4. The van der Waals surface area contributed by atoms with Crippen LogP contribution in [0.1, 0.15) is 29.9 Å². The SMILES string of the molecule is COC(=O)[C@H]1CC[C@H](NCc2cc(OC(F)(F)F)ccc2OC)[C@@H]1c1ccc(F)cc1. The number of carbonyl (C=O) groups is 1. The molecule has 1 fully saturated rings. The number of nitrogens with one attached hydrogen (secondary N) is 1. The van der Waals surface area contributed by atoms with E-state index in [0.717, 1.165) is 5.56 Å². The van der Waals surface area contributed by atoms with Crippen molar-refractivity contribution in [1.82, 2.24) is 5.32 Å². The zero-order valence-corrected chi connectivity index (χ0v) is 17.0. The van der Waals surface area contributed by atoms with Gasteiger partial charge < -0.3 is 19.5 Å². The Labute approximate surface area is 177 Å². The lowest BCUT2D eigenvalue weighted by Crippen LogP contribution is -2.34. The average Bonchev–Trinajstić information content (AvgIpc) is 3.15. The van der Waals surface area contributed by atoms with Gasteiger partial charge in [-0.15, -0.1) is 13.2 Å². The Balaban J connectivity index is 1.81. The molecule has 0 saturated heterocycles. The van der Waals surface area contributed by atoms with E-state index in [1.807, 2.05) is 0 Å². The molecular weight excluding hydrogens is 418 g/mol. The third-order valence-electron chi connectivity index (χ3n) is 5.45. The van der Waals surface area contributed by atoms with Gasteiger partial charge in [0.2, 0.25) is 0 Å². The molecule has 1 aliphatic carbocycles. The highest BCUT2D eigenvalue weighted by molar-refractivity contribution is 5.74. The quantitative estimate of drug-likeness (QED) is 0.505. The Kier molecular flexibility index (Phi) is 7.04. The van der Waals surface area contributed by atoms with E-state index < -0.39 is 12.3 Å². The Morgan fingerprint density at radius 3 is 2.42 bits per heavy atom. The van der Waals surface area contributed by atoms with E-state index in [0.29, 0.717) is 24.2 Å². The van der Waals surface area contributed by atoms with E-state index in [-0.39, 0.29) is 36.0 Å². The minimum Gasteiger partial charge on any atom is -0.496 e. The maximum Gasteiger partial charge on any atom is 0.573 e. The normalized spacial score (nSPS) is 21.0. The van der Waals surface area contributed by atoms with Crippen molar-refractivity contribution in [2.75, 3.05) is 14.2 Å². The molecular formula is C22H23F4NO4. The molecule has 2 aromatic rings. The van der Waals surface area contributed by atoms with Crippen molar-refractivity contribution in [3.63, 3.8) is 0 Å². The highest BCUT2D eigenvalue weighted by atomic mass is 19.4. The van der Waals surface area contributed by atoms with Crippen LogP contribution in [0.25, 0.3) is 0 Å². The smallest absolute Gasteiger partial charge is 0.496 e. The molecule has 0 aromatic heterocycles. The van der Waals surface area contributed by atoms with Crippen LogP contribution in [-0.4, -0.2) is 32.6 Å². The molecule has 0 amide bonds. The summed E-state index contributed by atoms with van der Waals surface area (Å²) in [6, 6.07) is 9.61. The number of ether oxygens (including phenoxy) is 3. The van der Waals surface area contributed by atoms with Crippen LogP contribution >= 0.6 is 0 Å². The van der Waals surface area contributed by atoms with Gasteiger partial charge in [0.15, 0.2) is 0 Å². The van der Waals surface area contributed by atoms with Crippen LogP contribution in [-0.2, 0) is 16.1 Å². The van der Waals surface area contributed by atoms with E-state index >= 15 is 0 Å². The van der Waals surface area contributed by atoms with Crippen molar-refractivity contribution in [2.45, 2.75) is 37.7 Å². The van der Waals surface area contributed by atoms with Gasteiger partial charge in [-0.05, 0) is 48.7 Å². The minimum absolute atomic E-state index is 0.175. The Bertz CT molecular complexity index is 901. The van der Waals surface area contributed by atoms with Crippen LogP contribution in [0.5, 0.6) is 11.5 Å². The molecule has 0 heterocycles. The second kappa shape index (κ2) is 9.55. The molecule has 3 atom stereocenters. The third kappa shape index (κ3) is 5.66. The highest BCUT2D eigenvalue weighted by Crippen LogP contribution is 2.41. The fourth-order valence-electron chi connectivity index (χ4n) is 4.12. The highest BCUT2D eigenvalue weighted by Gasteiger charge is 2.41. The van der Waals surface area contributed by atoms with Crippen molar-refractivity contribution >= 4 is 5.97 Å². The molecule has 1 aliphatic rings. The van der Waals surface area contributed by atoms with Gasteiger partial charge in [0.05, 0.1) is 20.1 Å². The number of carbonyl (C=O) groups excluding carboxylic acids is 1. The van der Waals surface area contributed by atoms with Crippen LogP contribution in [0.2, 0.25) is 0 Å². The lowest BCUT2D eigenvalue weighted by molar-refractivity contribution is -0.274. The van der Waals surface area contributed by atoms with Crippen LogP contribution in [0.3, 0.4) is 0 Å². The zero-order valence-electron chi connectivity index (χ0n) is 17.0. The summed E-state index contributed by atoms with van der Waals surface area (Å²) in [5, 5.41) is 3.32. The van der Waals surface area contributed by atoms with Gasteiger partial charge in [0, 0.05) is 24.1 Å². The van der Waals surface area contributed by atoms with Crippen LogP contribution in [0.4, 0.5) is 17.6 Å². The first-order chi connectivity index (χ1) is 14.7. The van der Waals surface area contributed by atoms with Gasteiger partial charge in [-0.2, -0.15) is 0 Å². The number of halogens is 4. The topological polar surface area (TPSA) is 56.8 Å². The standard InChI is InChI=1S/C22H23F4NO4/c1-29-19-10-7-16(31-22(24,25)26)11-14(19)12-27-18-9-8-17(21(28)30-2)20(18)13-3-5-15(23)6-4-13/h3-7,10-11,17-18,20,27H,8-9,12H2,1-2H3/t17-,18-,20+/m0/s1. The summed E-state index contributed by atoms with van der Waals surface area (Å²) in [5.41, 5.74) is 1.26. The first kappa shape index (κ1) is 22.9. The molecule has 1 N–H and O–H groups in total. The number of rotatable bonds is 7. The molecule has 1 saturated carbocycles. The number of methoxy groups -OCH3 is 2. The molecule has 5 nitrogen and oxygen atoms in total. The van der Waals surface area contributed by atoms with Crippen molar-refractivity contribution in [1.29, 1.82) is 0 Å². The second-order valence-corrected chi connectivity index (χ2v) is 7.29. The van der Waals surface area contributed by atoms with E-state index in [1.165, 1.54) is 44.6 Å². The third-order valence-corrected chi connectivity index (χ3v) is 5.45. The monoisotopic (exact) mass is 441 g/mol. The number of hydrogen-bond donors (Lipinski definition) is 1.